The first kappa shape index (κ1) is 13.7. The molecule has 1 rings (SSSR count). The van der Waals surface area contributed by atoms with Crippen molar-refractivity contribution in [3.63, 3.8) is 0 Å². The third kappa shape index (κ3) is 3.46. The summed E-state index contributed by atoms with van der Waals surface area (Å²) < 4.78 is 0.810. The topological polar surface area (TPSA) is 66.5 Å². The molecular weight excluding hydrogens is 269 g/mol. The molecule has 0 aromatic heterocycles. The van der Waals surface area contributed by atoms with Crippen LogP contribution in [0.25, 0.3) is 0 Å². The van der Waals surface area contributed by atoms with Gasteiger partial charge in [0.2, 0.25) is 0 Å². The van der Waals surface area contributed by atoms with Gasteiger partial charge in [0.1, 0.15) is 5.75 Å². The zero-order valence-electron chi connectivity index (χ0n) is 7.48. The van der Waals surface area contributed by atoms with Gasteiger partial charge in [0, 0.05) is 22.7 Å². The van der Waals surface area contributed by atoms with E-state index in [1.165, 1.54) is 0 Å². The molecule has 0 fully saturated rings. The molecule has 0 saturated carbocycles. The zero-order valence-corrected chi connectivity index (χ0v) is 9.88. The zero-order chi connectivity index (χ0) is 9.84. The smallest absolute Gasteiger partial charge is 0.121 e. The maximum absolute atomic E-state index is 9.50. The minimum atomic E-state index is -0.307. The highest BCUT2D eigenvalue weighted by molar-refractivity contribution is 9.10. The van der Waals surface area contributed by atoms with Gasteiger partial charge in [-0.05, 0) is 18.6 Å². The third-order valence-corrected chi connectivity index (χ3v) is 2.33. The monoisotopic (exact) mass is 281 g/mol. The number of nitrogens with two attached hydrogens (primary N) is 1. The van der Waals surface area contributed by atoms with Crippen molar-refractivity contribution in [1.29, 1.82) is 0 Å². The van der Waals surface area contributed by atoms with Crippen molar-refractivity contribution in [3.05, 3.63) is 28.2 Å². The summed E-state index contributed by atoms with van der Waals surface area (Å²) in [6, 6.07) is 4.84. The molecule has 1 aromatic carbocycles. The maximum atomic E-state index is 9.50. The molecule has 14 heavy (non-hydrogen) atoms. The average molecular weight is 283 g/mol. The van der Waals surface area contributed by atoms with Gasteiger partial charge in [-0.15, -0.1) is 12.4 Å². The standard InChI is InChI=1S/C9H12BrNO2.ClH/c10-6-1-2-7(9(13)5-6)8(11)3-4-12;/h1-2,5,8,12-13H,3-4,11H2;1H/t8-;/m0./s1. The summed E-state index contributed by atoms with van der Waals surface area (Å²) in [4.78, 5) is 0. The summed E-state index contributed by atoms with van der Waals surface area (Å²) in [5, 5.41) is 18.2. The minimum Gasteiger partial charge on any atom is -0.508 e. The van der Waals surface area contributed by atoms with Gasteiger partial charge in [0.15, 0.2) is 0 Å². The number of aliphatic hydroxyl groups excluding tert-OH is 1. The van der Waals surface area contributed by atoms with Crippen molar-refractivity contribution < 1.29 is 10.2 Å². The Morgan fingerprint density at radius 2 is 2.07 bits per heavy atom. The van der Waals surface area contributed by atoms with E-state index in [-0.39, 0.29) is 30.8 Å². The van der Waals surface area contributed by atoms with E-state index in [0.29, 0.717) is 12.0 Å². The molecule has 4 N–H and O–H groups in total. The van der Waals surface area contributed by atoms with Crippen LogP contribution in [0.3, 0.4) is 0 Å². The van der Waals surface area contributed by atoms with E-state index in [0.717, 1.165) is 4.47 Å². The molecule has 0 spiro atoms. The number of rotatable bonds is 3. The Bertz CT molecular complexity index is 296. The van der Waals surface area contributed by atoms with Crippen LogP contribution in [0.5, 0.6) is 5.75 Å². The SMILES string of the molecule is Cl.N[C@@H](CCO)c1ccc(Br)cc1O. The maximum Gasteiger partial charge on any atom is 0.121 e. The molecule has 1 atom stereocenters. The molecule has 0 aliphatic carbocycles. The number of aromatic hydroxyl groups is 1. The Morgan fingerprint density at radius 3 is 2.57 bits per heavy atom. The van der Waals surface area contributed by atoms with E-state index >= 15 is 0 Å². The normalized spacial score (nSPS) is 11.9. The van der Waals surface area contributed by atoms with E-state index in [1.54, 1.807) is 12.1 Å². The van der Waals surface area contributed by atoms with Crippen LogP contribution in [0.4, 0.5) is 0 Å². The lowest BCUT2D eigenvalue weighted by molar-refractivity contribution is 0.275. The number of phenolic OH excluding ortho intramolecular Hbond substituents is 1. The van der Waals surface area contributed by atoms with Crippen molar-refractivity contribution in [2.24, 2.45) is 5.73 Å². The fraction of sp³-hybridized carbons (Fsp3) is 0.333. The van der Waals surface area contributed by atoms with Gasteiger partial charge in [-0.2, -0.15) is 0 Å². The van der Waals surface area contributed by atoms with E-state index < -0.39 is 0 Å². The van der Waals surface area contributed by atoms with Crippen molar-refractivity contribution in [3.8, 4) is 5.75 Å². The Labute approximate surface area is 97.5 Å². The third-order valence-electron chi connectivity index (χ3n) is 1.83. The van der Waals surface area contributed by atoms with Gasteiger partial charge < -0.3 is 15.9 Å². The fourth-order valence-corrected chi connectivity index (χ4v) is 1.47. The molecule has 3 nitrogen and oxygen atoms in total. The first-order chi connectivity index (χ1) is 6.15. The number of benzene rings is 1. The highest BCUT2D eigenvalue weighted by atomic mass is 79.9. The molecule has 1 aromatic rings. The van der Waals surface area contributed by atoms with Crippen LogP contribution < -0.4 is 5.73 Å². The molecule has 5 heteroatoms. The number of phenols is 1. The van der Waals surface area contributed by atoms with Gasteiger partial charge in [-0.3, -0.25) is 0 Å². The van der Waals surface area contributed by atoms with Crippen LogP contribution in [0.2, 0.25) is 0 Å². The van der Waals surface area contributed by atoms with Gasteiger partial charge in [-0.25, -0.2) is 0 Å². The summed E-state index contributed by atoms with van der Waals surface area (Å²) in [6.07, 6.45) is 0.454. The largest absolute Gasteiger partial charge is 0.508 e. The van der Waals surface area contributed by atoms with Crippen LogP contribution in [-0.4, -0.2) is 16.8 Å². The van der Waals surface area contributed by atoms with Crippen LogP contribution in [0, 0.1) is 0 Å². The predicted octanol–water partition coefficient (Wildman–Crippen LogP) is 1.96. The van der Waals surface area contributed by atoms with E-state index in [4.69, 9.17) is 10.8 Å². The van der Waals surface area contributed by atoms with Crippen LogP contribution >= 0.6 is 28.3 Å². The Morgan fingerprint density at radius 1 is 1.43 bits per heavy atom. The Balaban J connectivity index is 0.00000169. The molecule has 0 unspecified atom stereocenters. The number of aliphatic hydroxyl groups is 1. The second-order valence-electron chi connectivity index (χ2n) is 2.82. The van der Waals surface area contributed by atoms with Crippen LogP contribution in [0.1, 0.15) is 18.0 Å². The van der Waals surface area contributed by atoms with Crippen molar-refractivity contribution in [2.45, 2.75) is 12.5 Å². The van der Waals surface area contributed by atoms with Gasteiger partial charge in [0.25, 0.3) is 0 Å². The first-order valence-corrected chi connectivity index (χ1v) is 4.79. The molecule has 0 aliphatic rings. The average Bonchev–Trinajstić information content (AvgIpc) is 2.04. The second-order valence-corrected chi connectivity index (χ2v) is 3.74. The van der Waals surface area contributed by atoms with Crippen molar-refractivity contribution in [1.82, 2.24) is 0 Å². The van der Waals surface area contributed by atoms with Crippen LogP contribution in [-0.2, 0) is 0 Å². The molecule has 80 valence electrons. The molecule has 0 aliphatic heterocycles. The molecule has 0 radical (unpaired) electrons. The lowest BCUT2D eigenvalue weighted by Gasteiger charge is -2.12. The lowest BCUT2D eigenvalue weighted by atomic mass is 10.0. The summed E-state index contributed by atoms with van der Waals surface area (Å²) in [6.45, 7) is 0.0245. The first-order valence-electron chi connectivity index (χ1n) is 4.00. The molecular formula is C9H13BrClNO2. The Hall–Kier alpha value is -0.290. The highest BCUT2D eigenvalue weighted by Gasteiger charge is 2.09. The highest BCUT2D eigenvalue weighted by Crippen LogP contribution is 2.27. The molecule has 0 saturated heterocycles. The predicted molar refractivity (Wildman–Crippen MR) is 61.7 cm³/mol. The van der Waals surface area contributed by atoms with Crippen molar-refractivity contribution in [2.75, 3.05) is 6.61 Å². The summed E-state index contributed by atoms with van der Waals surface area (Å²) in [5.74, 6) is 0.162. The van der Waals surface area contributed by atoms with E-state index in [2.05, 4.69) is 15.9 Å². The Kier molecular flexibility index (Phi) is 6.11. The number of hydrogen-bond donors (Lipinski definition) is 3. The summed E-state index contributed by atoms with van der Waals surface area (Å²) in [5.41, 5.74) is 6.39. The van der Waals surface area contributed by atoms with Gasteiger partial charge in [0.05, 0.1) is 0 Å². The fourth-order valence-electron chi connectivity index (χ4n) is 1.12. The molecule has 0 heterocycles. The van der Waals surface area contributed by atoms with E-state index in [1.807, 2.05) is 6.07 Å². The molecule has 0 bridgehead atoms. The molecule has 0 amide bonds. The summed E-state index contributed by atoms with van der Waals surface area (Å²) in [7, 11) is 0. The van der Waals surface area contributed by atoms with E-state index in [9.17, 15) is 5.11 Å². The quantitative estimate of drug-likeness (QED) is 0.794. The van der Waals surface area contributed by atoms with Gasteiger partial charge in [-0.1, -0.05) is 22.0 Å². The minimum absolute atomic E-state index is 0. The number of hydrogen-bond acceptors (Lipinski definition) is 3. The lowest BCUT2D eigenvalue weighted by Crippen LogP contribution is -2.11. The second kappa shape index (κ2) is 6.24. The van der Waals surface area contributed by atoms with Crippen LogP contribution in [0.15, 0.2) is 22.7 Å². The van der Waals surface area contributed by atoms with Gasteiger partial charge >= 0.3 is 0 Å². The van der Waals surface area contributed by atoms with Crippen molar-refractivity contribution >= 4 is 28.3 Å². The number of halogens is 2. The summed E-state index contributed by atoms with van der Waals surface area (Å²) >= 11 is 3.23.